The average Bonchev–Trinajstić information content (AvgIpc) is 3.16. The number of rotatable bonds is 10. The molecule has 0 bridgehead atoms. The lowest BCUT2D eigenvalue weighted by atomic mass is 9.92. The summed E-state index contributed by atoms with van der Waals surface area (Å²) in [5.41, 5.74) is -7.74. The van der Waals surface area contributed by atoms with Gasteiger partial charge < -0.3 is 19.9 Å². The van der Waals surface area contributed by atoms with Gasteiger partial charge in [0.25, 0.3) is 11.5 Å². The van der Waals surface area contributed by atoms with Crippen LogP contribution in [-0.4, -0.2) is 50.4 Å². The van der Waals surface area contributed by atoms with Crippen LogP contribution in [0.1, 0.15) is 56.8 Å². The molecule has 1 saturated heterocycles. The van der Waals surface area contributed by atoms with Crippen LogP contribution in [0.15, 0.2) is 54.7 Å². The summed E-state index contributed by atoms with van der Waals surface area (Å²) < 4.78 is 91.8. The first-order valence-corrected chi connectivity index (χ1v) is 13.8. The maximum Gasteiger partial charge on any atom is 0.432 e. The van der Waals surface area contributed by atoms with E-state index in [4.69, 9.17) is 9.47 Å². The van der Waals surface area contributed by atoms with Crippen molar-refractivity contribution in [2.75, 3.05) is 0 Å². The second-order valence-electron chi connectivity index (χ2n) is 10.8. The summed E-state index contributed by atoms with van der Waals surface area (Å²) in [6, 6.07) is 10.0. The van der Waals surface area contributed by atoms with Crippen LogP contribution in [-0.2, 0) is 28.9 Å². The van der Waals surface area contributed by atoms with Gasteiger partial charge in [-0.3, -0.25) is 19.7 Å². The Hall–Kier alpha value is -4.40. The first-order valence-electron chi connectivity index (χ1n) is 13.8. The fourth-order valence-corrected chi connectivity index (χ4v) is 4.72. The van der Waals surface area contributed by atoms with Crippen molar-refractivity contribution < 1.29 is 50.5 Å². The van der Waals surface area contributed by atoms with Gasteiger partial charge >= 0.3 is 18.4 Å². The van der Waals surface area contributed by atoms with Gasteiger partial charge in [-0.2, -0.15) is 26.3 Å². The minimum atomic E-state index is -6.09. The lowest BCUT2D eigenvalue weighted by molar-refractivity contribution is -0.377. The Morgan fingerprint density at radius 2 is 1.62 bits per heavy atom. The summed E-state index contributed by atoms with van der Waals surface area (Å²) in [4.78, 5) is 34.9. The van der Waals surface area contributed by atoms with Crippen molar-refractivity contribution in [1.29, 1.82) is 0 Å². The second-order valence-corrected chi connectivity index (χ2v) is 10.8. The molecule has 3 heterocycles. The average molecular weight is 641 g/mol. The molecular formula is C30H30F6N4O5. The number of carbonyl (C=O) groups is 2. The summed E-state index contributed by atoms with van der Waals surface area (Å²) in [6.45, 7) is 6.66. The van der Waals surface area contributed by atoms with Crippen molar-refractivity contribution in [2.24, 2.45) is 0 Å². The van der Waals surface area contributed by atoms with E-state index < -0.39 is 41.1 Å². The number of alkyl halides is 6. The predicted molar refractivity (Wildman–Crippen MR) is 147 cm³/mol. The third-order valence-electron chi connectivity index (χ3n) is 7.02. The van der Waals surface area contributed by atoms with Crippen molar-refractivity contribution in [2.45, 2.75) is 76.7 Å². The number of nitrogens with zero attached hydrogens (tertiary/aromatic N) is 3. The molecule has 0 saturated carbocycles. The zero-order chi connectivity index (χ0) is 33.4. The zero-order valence-corrected chi connectivity index (χ0v) is 24.6. The van der Waals surface area contributed by atoms with Crippen molar-refractivity contribution >= 4 is 11.9 Å². The lowest BCUT2D eigenvalue weighted by Crippen LogP contribution is -2.54. The number of aliphatic hydroxyl groups is 1. The van der Waals surface area contributed by atoms with Gasteiger partial charge in [0.05, 0.1) is 29.7 Å². The molecule has 2 aromatic heterocycles. The summed E-state index contributed by atoms with van der Waals surface area (Å²) in [5, 5.41) is 12.5. The Kier molecular flexibility index (Phi) is 9.07. The number of pyridine rings is 2. The maximum absolute atomic E-state index is 13.4. The molecule has 0 radical (unpaired) electrons. The SMILES string of the molecule is CCCc1nc(C(O)(C(F)(F)F)C(F)(F)F)ccc1Oc1ccnc(CN2C(=O)NC(C)(c3ccc(OC(C)C)cc3)C2=O)c1. The van der Waals surface area contributed by atoms with Gasteiger partial charge in [-0.05, 0) is 63.1 Å². The highest BCUT2D eigenvalue weighted by molar-refractivity contribution is 6.07. The Morgan fingerprint density at radius 1 is 0.978 bits per heavy atom. The smallest absolute Gasteiger partial charge is 0.432 e. The number of hydrogen-bond donors (Lipinski definition) is 2. The number of benzene rings is 1. The van der Waals surface area contributed by atoms with E-state index in [0.29, 0.717) is 17.4 Å². The molecule has 1 aromatic carbocycles. The zero-order valence-electron chi connectivity index (χ0n) is 24.6. The van der Waals surface area contributed by atoms with E-state index in [0.717, 1.165) is 11.0 Å². The Bertz CT molecular complexity index is 1550. The van der Waals surface area contributed by atoms with Crippen LogP contribution in [0.2, 0.25) is 0 Å². The van der Waals surface area contributed by atoms with Crippen molar-refractivity contribution in [3.05, 3.63) is 77.4 Å². The molecule has 1 aliphatic heterocycles. The Labute approximate surface area is 254 Å². The molecule has 45 heavy (non-hydrogen) atoms. The van der Waals surface area contributed by atoms with Gasteiger partial charge in [0.2, 0.25) is 0 Å². The highest BCUT2D eigenvalue weighted by Gasteiger charge is 2.72. The molecule has 0 spiro atoms. The monoisotopic (exact) mass is 640 g/mol. The third kappa shape index (κ3) is 6.53. The molecule has 242 valence electrons. The maximum atomic E-state index is 13.4. The number of halogens is 6. The number of nitrogens with one attached hydrogen (secondary N) is 1. The highest BCUT2D eigenvalue weighted by Crippen LogP contribution is 2.50. The number of aromatic nitrogens is 2. The van der Waals surface area contributed by atoms with Crippen LogP contribution in [0, 0.1) is 0 Å². The molecule has 1 aliphatic rings. The standard InChI is InChI=1S/C30H30F6N4O5/c1-5-6-22-23(11-12-24(38-22)28(43,29(31,32)33)30(34,35)36)45-21-13-14-37-19(15-21)16-40-25(41)27(4,39-26(40)42)18-7-9-20(10-8-18)44-17(2)3/h7-15,17,43H,5-6,16H2,1-4H3,(H,39,42). The van der Waals surface area contributed by atoms with Gasteiger partial charge in [-0.15, -0.1) is 0 Å². The lowest BCUT2D eigenvalue weighted by Gasteiger charge is -2.32. The number of ether oxygens (including phenoxy) is 2. The summed E-state index contributed by atoms with van der Waals surface area (Å²) in [7, 11) is 0. The number of aryl methyl sites for hydroxylation is 1. The molecule has 3 aromatic rings. The molecular weight excluding hydrogens is 610 g/mol. The highest BCUT2D eigenvalue weighted by atomic mass is 19.4. The minimum absolute atomic E-state index is 0.0559. The normalized spacial score (nSPS) is 17.6. The molecule has 15 heteroatoms. The molecule has 9 nitrogen and oxygen atoms in total. The first-order chi connectivity index (χ1) is 20.9. The van der Waals surface area contributed by atoms with E-state index in [1.165, 1.54) is 18.3 Å². The quantitative estimate of drug-likeness (QED) is 0.198. The Balaban J connectivity index is 1.56. The summed E-state index contributed by atoms with van der Waals surface area (Å²) in [5.74, 6) is -0.0541. The number of amides is 3. The Morgan fingerprint density at radius 3 is 2.20 bits per heavy atom. The summed E-state index contributed by atoms with van der Waals surface area (Å²) >= 11 is 0. The molecule has 4 rings (SSSR count). The van der Waals surface area contributed by atoms with Crippen LogP contribution in [0.3, 0.4) is 0 Å². The van der Waals surface area contributed by atoms with Crippen molar-refractivity contribution in [3.8, 4) is 17.2 Å². The van der Waals surface area contributed by atoms with Gasteiger partial charge in [-0.1, -0.05) is 25.5 Å². The molecule has 0 aliphatic carbocycles. The van der Waals surface area contributed by atoms with Gasteiger partial charge in [0.1, 0.15) is 22.8 Å². The fourth-order valence-electron chi connectivity index (χ4n) is 4.72. The van der Waals surface area contributed by atoms with E-state index in [1.54, 1.807) is 38.1 Å². The van der Waals surface area contributed by atoms with E-state index in [1.807, 2.05) is 13.8 Å². The van der Waals surface area contributed by atoms with E-state index in [9.17, 15) is 41.0 Å². The molecule has 3 amide bonds. The third-order valence-corrected chi connectivity index (χ3v) is 7.02. The van der Waals surface area contributed by atoms with Crippen LogP contribution in [0.25, 0.3) is 0 Å². The molecule has 1 atom stereocenters. The topological polar surface area (TPSA) is 114 Å². The van der Waals surface area contributed by atoms with Crippen molar-refractivity contribution in [1.82, 2.24) is 20.2 Å². The predicted octanol–water partition coefficient (Wildman–Crippen LogP) is 6.29. The number of carbonyl (C=O) groups excluding carboxylic acids is 2. The second kappa shape index (κ2) is 12.2. The van der Waals surface area contributed by atoms with Crippen LogP contribution < -0.4 is 14.8 Å². The first kappa shape index (κ1) is 33.5. The summed E-state index contributed by atoms with van der Waals surface area (Å²) in [6.07, 6.45) is -10.7. The number of imide groups is 1. The van der Waals surface area contributed by atoms with Gasteiger partial charge in [-0.25, -0.2) is 4.79 Å². The van der Waals surface area contributed by atoms with Gasteiger partial charge in [0.15, 0.2) is 0 Å². The van der Waals surface area contributed by atoms with Crippen LogP contribution >= 0.6 is 0 Å². The number of hydrogen-bond acceptors (Lipinski definition) is 7. The van der Waals surface area contributed by atoms with Crippen LogP contribution in [0.5, 0.6) is 17.2 Å². The fraction of sp³-hybridized carbons (Fsp3) is 0.400. The largest absolute Gasteiger partial charge is 0.491 e. The molecule has 1 fully saturated rings. The number of urea groups is 1. The van der Waals surface area contributed by atoms with E-state index >= 15 is 0 Å². The van der Waals surface area contributed by atoms with E-state index in [-0.39, 0.29) is 48.4 Å². The van der Waals surface area contributed by atoms with Gasteiger partial charge in [0, 0.05) is 12.3 Å². The molecule has 1 unspecified atom stereocenters. The van der Waals surface area contributed by atoms with Crippen molar-refractivity contribution in [3.63, 3.8) is 0 Å². The molecule has 2 N–H and O–H groups in total. The minimum Gasteiger partial charge on any atom is -0.491 e. The van der Waals surface area contributed by atoms with Crippen LogP contribution in [0.4, 0.5) is 31.1 Å². The van der Waals surface area contributed by atoms with E-state index in [2.05, 4.69) is 15.3 Å².